The predicted molar refractivity (Wildman–Crippen MR) is 83.1 cm³/mol. The van der Waals surface area contributed by atoms with Crippen LogP contribution in [0.25, 0.3) is 16.9 Å². The van der Waals surface area contributed by atoms with Crippen molar-refractivity contribution in [3.63, 3.8) is 0 Å². The van der Waals surface area contributed by atoms with Crippen molar-refractivity contribution in [2.24, 2.45) is 0 Å². The third-order valence-electron chi connectivity index (χ3n) is 4.24. The van der Waals surface area contributed by atoms with Crippen molar-refractivity contribution in [3.8, 4) is 5.95 Å². The van der Waals surface area contributed by atoms with Gasteiger partial charge in [0.1, 0.15) is 0 Å². The summed E-state index contributed by atoms with van der Waals surface area (Å²) in [6.45, 7) is 0. The average Bonchev–Trinajstić information content (AvgIpc) is 3.05. The van der Waals surface area contributed by atoms with E-state index in [0.717, 1.165) is 31.2 Å². The third kappa shape index (κ3) is 2.21. The Balaban J connectivity index is 1.94. The number of carboxylic acid groups (broad SMARTS) is 1. The van der Waals surface area contributed by atoms with Gasteiger partial charge in [-0.05, 0) is 42.9 Å². The molecule has 116 valence electrons. The lowest BCUT2D eigenvalue weighted by atomic mass is 9.90. The van der Waals surface area contributed by atoms with Crippen LogP contribution in [0.4, 0.5) is 0 Å². The molecular weight excluding hydrogens is 296 g/mol. The topological polar surface area (TPSA) is 101 Å². The first-order valence-corrected chi connectivity index (χ1v) is 7.46. The molecule has 0 atom stereocenters. The standard InChI is InChI=1S/C16H14N4O3/c21-14-12-6-5-9-3-1-2-4-11(9)13(12)18-16(19-14)20-8-10(7-17-20)15(22)23/h5-8H,1-4H2,(H,22,23)(H,18,19,21). The Hall–Kier alpha value is -2.96. The van der Waals surface area contributed by atoms with Crippen molar-refractivity contribution in [2.45, 2.75) is 25.7 Å². The third-order valence-corrected chi connectivity index (χ3v) is 4.24. The van der Waals surface area contributed by atoms with Crippen LogP contribution in [0.15, 0.2) is 29.3 Å². The molecule has 0 saturated carbocycles. The molecule has 1 aromatic carbocycles. The van der Waals surface area contributed by atoms with Crippen LogP contribution in [0.5, 0.6) is 0 Å². The normalized spacial score (nSPS) is 13.9. The maximum Gasteiger partial charge on any atom is 0.338 e. The Labute approximate surface area is 130 Å². The maximum absolute atomic E-state index is 12.3. The number of aromatic nitrogens is 4. The molecule has 0 aliphatic heterocycles. The Kier molecular flexibility index (Phi) is 3.00. The van der Waals surface area contributed by atoms with Crippen molar-refractivity contribution in [1.29, 1.82) is 0 Å². The van der Waals surface area contributed by atoms with Crippen molar-refractivity contribution in [1.82, 2.24) is 19.7 Å². The number of fused-ring (bicyclic) bond motifs is 3. The Morgan fingerprint density at radius 2 is 2.09 bits per heavy atom. The molecule has 7 nitrogen and oxygen atoms in total. The first kappa shape index (κ1) is 13.7. The number of nitrogens with zero attached hydrogens (tertiary/aromatic N) is 3. The molecule has 0 amide bonds. The fourth-order valence-corrected chi connectivity index (χ4v) is 3.08. The second kappa shape index (κ2) is 5.05. The Morgan fingerprint density at radius 3 is 2.87 bits per heavy atom. The Morgan fingerprint density at radius 1 is 1.26 bits per heavy atom. The number of benzene rings is 1. The van der Waals surface area contributed by atoms with Gasteiger partial charge < -0.3 is 5.11 Å². The number of nitrogens with one attached hydrogen (secondary N) is 1. The van der Waals surface area contributed by atoms with Crippen molar-refractivity contribution in [3.05, 3.63) is 51.6 Å². The summed E-state index contributed by atoms with van der Waals surface area (Å²) in [7, 11) is 0. The number of aromatic amines is 1. The molecule has 1 aliphatic carbocycles. The Bertz CT molecular complexity index is 987. The number of carbonyl (C=O) groups is 1. The summed E-state index contributed by atoms with van der Waals surface area (Å²) in [5.41, 5.74) is 2.84. The highest BCUT2D eigenvalue weighted by Crippen LogP contribution is 2.26. The molecule has 3 aromatic rings. The summed E-state index contributed by atoms with van der Waals surface area (Å²) >= 11 is 0. The molecule has 2 heterocycles. The molecule has 0 spiro atoms. The van der Waals surface area contributed by atoms with Crippen molar-refractivity contribution >= 4 is 16.9 Å². The SMILES string of the molecule is O=C(O)c1cnn(-c2nc3c4c(ccc3c(=O)[nH]2)CCCC4)c1. The van der Waals surface area contributed by atoms with Gasteiger partial charge in [-0.1, -0.05) is 6.07 Å². The number of carboxylic acids is 1. The molecule has 2 aromatic heterocycles. The van der Waals surface area contributed by atoms with E-state index in [1.165, 1.54) is 22.6 Å². The van der Waals surface area contributed by atoms with E-state index in [0.29, 0.717) is 10.9 Å². The summed E-state index contributed by atoms with van der Waals surface area (Å²) < 4.78 is 1.28. The van der Waals surface area contributed by atoms with Crippen LogP contribution >= 0.6 is 0 Å². The number of aryl methyl sites for hydroxylation is 2. The van der Waals surface area contributed by atoms with E-state index < -0.39 is 5.97 Å². The van der Waals surface area contributed by atoms with Crippen LogP contribution in [0.2, 0.25) is 0 Å². The second-order valence-electron chi connectivity index (χ2n) is 5.67. The minimum atomic E-state index is -1.07. The van der Waals surface area contributed by atoms with E-state index in [-0.39, 0.29) is 17.1 Å². The van der Waals surface area contributed by atoms with Gasteiger partial charge in [-0.3, -0.25) is 9.78 Å². The van der Waals surface area contributed by atoms with Gasteiger partial charge in [-0.25, -0.2) is 14.5 Å². The quantitative estimate of drug-likeness (QED) is 0.750. The lowest BCUT2D eigenvalue weighted by molar-refractivity contribution is 0.0697. The molecule has 2 N–H and O–H groups in total. The molecule has 7 heteroatoms. The van der Waals surface area contributed by atoms with Crippen LogP contribution in [-0.4, -0.2) is 30.8 Å². The number of rotatable bonds is 2. The first-order valence-electron chi connectivity index (χ1n) is 7.46. The highest BCUT2D eigenvalue weighted by Gasteiger charge is 2.17. The largest absolute Gasteiger partial charge is 0.478 e. The minimum Gasteiger partial charge on any atom is -0.478 e. The van der Waals surface area contributed by atoms with E-state index in [2.05, 4.69) is 15.1 Å². The maximum atomic E-state index is 12.3. The summed E-state index contributed by atoms with van der Waals surface area (Å²) in [4.78, 5) is 30.5. The average molecular weight is 310 g/mol. The molecular formula is C16H14N4O3. The smallest absolute Gasteiger partial charge is 0.338 e. The molecule has 4 rings (SSSR count). The lowest BCUT2D eigenvalue weighted by Gasteiger charge is -2.17. The van der Waals surface area contributed by atoms with Gasteiger partial charge in [-0.2, -0.15) is 5.10 Å². The van der Waals surface area contributed by atoms with Crippen LogP contribution in [-0.2, 0) is 12.8 Å². The zero-order valence-corrected chi connectivity index (χ0v) is 12.2. The van der Waals surface area contributed by atoms with E-state index in [1.54, 1.807) is 6.07 Å². The minimum absolute atomic E-state index is 0.0443. The van der Waals surface area contributed by atoms with Gasteiger partial charge in [-0.15, -0.1) is 0 Å². The number of hydrogen-bond acceptors (Lipinski definition) is 4. The fourth-order valence-electron chi connectivity index (χ4n) is 3.08. The second-order valence-corrected chi connectivity index (χ2v) is 5.67. The summed E-state index contributed by atoms with van der Waals surface area (Å²) in [6, 6.07) is 3.81. The molecule has 0 fully saturated rings. The number of hydrogen-bond donors (Lipinski definition) is 2. The zero-order chi connectivity index (χ0) is 16.0. The molecule has 0 bridgehead atoms. The van der Waals surface area contributed by atoms with E-state index in [4.69, 9.17) is 5.11 Å². The summed E-state index contributed by atoms with van der Waals surface area (Å²) in [6.07, 6.45) is 6.70. The fraction of sp³-hybridized carbons (Fsp3) is 0.250. The van der Waals surface area contributed by atoms with Gasteiger partial charge in [0.2, 0.25) is 5.95 Å². The monoisotopic (exact) mass is 310 g/mol. The molecule has 23 heavy (non-hydrogen) atoms. The van der Waals surface area contributed by atoms with E-state index >= 15 is 0 Å². The van der Waals surface area contributed by atoms with Gasteiger partial charge in [0.25, 0.3) is 5.56 Å². The summed E-state index contributed by atoms with van der Waals surface area (Å²) in [5.74, 6) is -0.842. The molecule has 1 aliphatic rings. The number of H-pyrrole nitrogens is 1. The van der Waals surface area contributed by atoms with E-state index in [9.17, 15) is 9.59 Å². The predicted octanol–water partition coefficient (Wildman–Crippen LogP) is 1.69. The van der Waals surface area contributed by atoms with Gasteiger partial charge in [0.05, 0.1) is 22.7 Å². The van der Waals surface area contributed by atoms with Gasteiger partial charge in [0, 0.05) is 6.20 Å². The number of aromatic carboxylic acids is 1. The highest BCUT2D eigenvalue weighted by atomic mass is 16.4. The highest BCUT2D eigenvalue weighted by molar-refractivity contribution is 5.87. The van der Waals surface area contributed by atoms with Crippen LogP contribution in [0, 0.1) is 0 Å². The van der Waals surface area contributed by atoms with Gasteiger partial charge in [0.15, 0.2) is 0 Å². The van der Waals surface area contributed by atoms with Gasteiger partial charge >= 0.3 is 5.97 Å². The molecule has 0 unspecified atom stereocenters. The molecule has 0 saturated heterocycles. The van der Waals surface area contributed by atoms with Crippen LogP contribution in [0.1, 0.15) is 34.3 Å². The van der Waals surface area contributed by atoms with Crippen molar-refractivity contribution < 1.29 is 9.90 Å². The van der Waals surface area contributed by atoms with Crippen LogP contribution in [0.3, 0.4) is 0 Å². The first-order chi connectivity index (χ1) is 11.1. The van der Waals surface area contributed by atoms with Crippen LogP contribution < -0.4 is 5.56 Å². The zero-order valence-electron chi connectivity index (χ0n) is 12.2. The molecule has 0 radical (unpaired) electrons. The lowest BCUT2D eigenvalue weighted by Crippen LogP contribution is -2.16. The van der Waals surface area contributed by atoms with Crippen molar-refractivity contribution in [2.75, 3.05) is 0 Å². The van der Waals surface area contributed by atoms with E-state index in [1.807, 2.05) is 6.07 Å². The summed E-state index contributed by atoms with van der Waals surface area (Å²) in [5, 5.41) is 13.5.